The lowest BCUT2D eigenvalue weighted by Crippen LogP contribution is -2.53. The van der Waals surface area contributed by atoms with Gasteiger partial charge in [-0.05, 0) is 37.1 Å². The lowest BCUT2D eigenvalue weighted by Gasteiger charge is -2.42. The van der Waals surface area contributed by atoms with E-state index in [1.54, 1.807) is 0 Å². The Morgan fingerprint density at radius 2 is 1.79 bits per heavy atom. The topological polar surface area (TPSA) is 49.3 Å². The highest BCUT2D eigenvalue weighted by molar-refractivity contribution is 5.80. The average Bonchev–Trinajstić information content (AvgIpc) is 2.62. The summed E-state index contributed by atoms with van der Waals surface area (Å²) in [5, 5.41) is 0. The summed E-state index contributed by atoms with van der Waals surface area (Å²) < 4.78 is 0. The van der Waals surface area contributed by atoms with Crippen molar-refractivity contribution in [3.8, 4) is 0 Å². The number of likely N-dealkylation sites (tertiary alicyclic amines) is 1. The molecular formula is C19H22N4O. The lowest BCUT2D eigenvalue weighted by molar-refractivity contribution is -0.140. The number of amides is 1. The van der Waals surface area contributed by atoms with Crippen LogP contribution in [0.4, 0.5) is 5.82 Å². The van der Waals surface area contributed by atoms with Gasteiger partial charge in [-0.3, -0.25) is 9.78 Å². The molecule has 2 fully saturated rings. The molecule has 4 heterocycles. The minimum Gasteiger partial charge on any atom is -0.356 e. The number of piperidine rings is 1. The third-order valence-corrected chi connectivity index (χ3v) is 5.04. The van der Waals surface area contributed by atoms with Crippen LogP contribution in [0.3, 0.4) is 0 Å². The maximum absolute atomic E-state index is 12.8. The smallest absolute Gasteiger partial charge is 0.227 e. The van der Waals surface area contributed by atoms with Gasteiger partial charge in [-0.25, -0.2) is 4.98 Å². The van der Waals surface area contributed by atoms with Crippen molar-refractivity contribution in [2.45, 2.75) is 18.8 Å². The largest absolute Gasteiger partial charge is 0.356 e. The van der Waals surface area contributed by atoms with E-state index in [0.717, 1.165) is 50.5 Å². The Morgan fingerprint density at radius 3 is 2.50 bits per heavy atom. The Balaban J connectivity index is 1.35. The van der Waals surface area contributed by atoms with Crippen LogP contribution >= 0.6 is 0 Å². The summed E-state index contributed by atoms with van der Waals surface area (Å²) in [4.78, 5) is 25.8. The van der Waals surface area contributed by atoms with E-state index in [9.17, 15) is 4.79 Å². The van der Waals surface area contributed by atoms with E-state index >= 15 is 0 Å². The molecule has 2 saturated heterocycles. The van der Waals surface area contributed by atoms with Crippen molar-refractivity contribution >= 4 is 11.7 Å². The van der Waals surface area contributed by atoms with Crippen LogP contribution < -0.4 is 4.90 Å². The van der Waals surface area contributed by atoms with Gasteiger partial charge in [0.25, 0.3) is 0 Å². The molecule has 5 heteroatoms. The number of pyridine rings is 2. The van der Waals surface area contributed by atoms with Gasteiger partial charge < -0.3 is 9.80 Å². The van der Waals surface area contributed by atoms with E-state index < -0.39 is 0 Å². The molecule has 0 saturated carbocycles. The van der Waals surface area contributed by atoms with Gasteiger partial charge in [0.1, 0.15) is 5.82 Å². The van der Waals surface area contributed by atoms with Gasteiger partial charge in [-0.2, -0.15) is 0 Å². The summed E-state index contributed by atoms with van der Waals surface area (Å²) >= 11 is 0. The minimum atomic E-state index is 0.0884. The van der Waals surface area contributed by atoms with Crippen molar-refractivity contribution in [1.29, 1.82) is 0 Å². The Hall–Kier alpha value is -2.43. The fourth-order valence-electron chi connectivity index (χ4n) is 3.65. The molecule has 2 aromatic heterocycles. The van der Waals surface area contributed by atoms with Crippen LogP contribution in [0.25, 0.3) is 0 Å². The van der Waals surface area contributed by atoms with Crippen LogP contribution in [-0.4, -0.2) is 47.0 Å². The first-order valence-corrected chi connectivity index (χ1v) is 8.67. The summed E-state index contributed by atoms with van der Waals surface area (Å²) in [6, 6.07) is 11.9. The van der Waals surface area contributed by atoms with Gasteiger partial charge in [-0.1, -0.05) is 12.1 Å². The lowest BCUT2D eigenvalue weighted by atomic mass is 9.90. The van der Waals surface area contributed by atoms with Crippen LogP contribution in [0.5, 0.6) is 0 Å². The van der Waals surface area contributed by atoms with Crippen molar-refractivity contribution in [3.63, 3.8) is 0 Å². The molecule has 2 aliphatic heterocycles. The Morgan fingerprint density at radius 1 is 1.00 bits per heavy atom. The molecule has 124 valence electrons. The van der Waals surface area contributed by atoms with E-state index in [1.165, 1.54) is 0 Å². The highest BCUT2D eigenvalue weighted by atomic mass is 16.2. The monoisotopic (exact) mass is 322 g/mol. The SMILES string of the molecule is O=C([C@H]1CCCN(c2ccccn2)C1)N1CC(c2ccccn2)C1. The van der Waals surface area contributed by atoms with Gasteiger partial charge in [-0.15, -0.1) is 0 Å². The maximum atomic E-state index is 12.8. The molecule has 1 atom stereocenters. The fourth-order valence-corrected chi connectivity index (χ4v) is 3.65. The molecule has 0 aliphatic carbocycles. The molecule has 24 heavy (non-hydrogen) atoms. The highest BCUT2D eigenvalue weighted by Gasteiger charge is 2.37. The van der Waals surface area contributed by atoms with Crippen molar-refractivity contribution in [1.82, 2.24) is 14.9 Å². The van der Waals surface area contributed by atoms with Gasteiger partial charge in [0, 0.05) is 50.2 Å². The molecule has 0 N–H and O–H groups in total. The predicted octanol–water partition coefficient (Wildman–Crippen LogP) is 2.32. The molecule has 1 amide bonds. The predicted molar refractivity (Wildman–Crippen MR) is 92.7 cm³/mol. The molecule has 2 aliphatic rings. The summed E-state index contributed by atoms with van der Waals surface area (Å²) in [6.07, 6.45) is 5.66. The molecule has 4 rings (SSSR count). The molecule has 5 nitrogen and oxygen atoms in total. The second-order valence-corrected chi connectivity index (χ2v) is 6.67. The molecule has 0 aromatic carbocycles. The zero-order chi connectivity index (χ0) is 16.4. The van der Waals surface area contributed by atoms with E-state index in [2.05, 4.69) is 20.9 Å². The number of carbonyl (C=O) groups excluding carboxylic acids is 1. The first-order chi connectivity index (χ1) is 11.8. The average molecular weight is 322 g/mol. The summed E-state index contributed by atoms with van der Waals surface area (Å²) in [5.74, 6) is 1.75. The number of nitrogens with zero attached hydrogens (tertiary/aromatic N) is 4. The molecule has 2 aromatic rings. The first kappa shape index (κ1) is 15.1. The molecule has 0 spiro atoms. The van der Waals surface area contributed by atoms with Gasteiger partial charge >= 0.3 is 0 Å². The number of aromatic nitrogens is 2. The second kappa shape index (κ2) is 6.59. The molecule has 0 unspecified atom stereocenters. The third kappa shape index (κ3) is 2.98. The highest BCUT2D eigenvalue weighted by Crippen LogP contribution is 2.29. The van der Waals surface area contributed by atoms with Crippen LogP contribution in [0.15, 0.2) is 48.8 Å². The second-order valence-electron chi connectivity index (χ2n) is 6.67. The summed E-state index contributed by atoms with van der Waals surface area (Å²) in [5.41, 5.74) is 1.10. The van der Waals surface area contributed by atoms with Crippen molar-refractivity contribution in [2.24, 2.45) is 5.92 Å². The zero-order valence-electron chi connectivity index (χ0n) is 13.7. The maximum Gasteiger partial charge on any atom is 0.227 e. The van der Waals surface area contributed by atoms with E-state index in [-0.39, 0.29) is 5.92 Å². The molecule has 0 radical (unpaired) electrons. The van der Waals surface area contributed by atoms with E-state index in [1.807, 2.05) is 47.6 Å². The summed E-state index contributed by atoms with van der Waals surface area (Å²) in [6.45, 7) is 3.36. The fraction of sp³-hybridized carbons (Fsp3) is 0.421. The van der Waals surface area contributed by atoms with Gasteiger partial charge in [0.05, 0.1) is 5.92 Å². The van der Waals surface area contributed by atoms with Crippen molar-refractivity contribution < 1.29 is 4.79 Å². The molecular weight excluding hydrogens is 300 g/mol. The Bertz CT molecular complexity index is 685. The molecule has 0 bridgehead atoms. The number of hydrogen-bond donors (Lipinski definition) is 0. The summed E-state index contributed by atoms with van der Waals surface area (Å²) in [7, 11) is 0. The number of rotatable bonds is 3. The Kier molecular flexibility index (Phi) is 4.15. The van der Waals surface area contributed by atoms with Gasteiger partial charge in [0.15, 0.2) is 0 Å². The van der Waals surface area contributed by atoms with Gasteiger partial charge in [0.2, 0.25) is 5.91 Å². The number of hydrogen-bond acceptors (Lipinski definition) is 4. The van der Waals surface area contributed by atoms with Crippen LogP contribution in [0, 0.1) is 5.92 Å². The third-order valence-electron chi connectivity index (χ3n) is 5.04. The standard InChI is InChI=1S/C19H22N4O/c24-19(23-13-16(14-23)17-7-1-3-9-20-17)15-6-5-11-22(12-15)18-8-2-4-10-21-18/h1-4,7-10,15-16H,5-6,11-14H2/t15-/m0/s1. The Labute approximate surface area is 142 Å². The van der Waals surface area contributed by atoms with Crippen LogP contribution in [-0.2, 0) is 4.79 Å². The quantitative estimate of drug-likeness (QED) is 0.870. The minimum absolute atomic E-state index is 0.0884. The van der Waals surface area contributed by atoms with Crippen molar-refractivity contribution in [2.75, 3.05) is 31.1 Å². The normalized spacial score (nSPS) is 21.4. The number of carbonyl (C=O) groups is 1. The van der Waals surface area contributed by atoms with E-state index in [4.69, 9.17) is 0 Å². The number of anilines is 1. The van der Waals surface area contributed by atoms with E-state index in [0.29, 0.717) is 11.8 Å². The van der Waals surface area contributed by atoms with Crippen LogP contribution in [0.2, 0.25) is 0 Å². The van der Waals surface area contributed by atoms with Crippen LogP contribution in [0.1, 0.15) is 24.5 Å². The zero-order valence-corrected chi connectivity index (χ0v) is 13.7. The first-order valence-electron chi connectivity index (χ1n) is 8.67. The van der Waals surface area contributed by atoms with Crippen molar-refractivity contribution in [3.05, 3.63) is 54.5 Å².